The van der Waals surface area contributed by atoms with E-state index in [0.29, 0.717) is 12.5 Å². The third-order valence-electron chi connectivity index (χ3n) is 5.38. The van der Waals surface area contributed by atoms with Gasteiger partial charge in [0.05, 0.1) is 7.11 Å². The minimum atomic E-state index is 0.125. The molecule has 3 aromatic rings. The average molecular weight is 402 g/mol. The molecule has 154 valence electrons. The SMILES string of the molecule is COc1ccc(-c2ccccc2OCc2ccc(C(=O)N3CCCCC3)cc2)cn1. The van der Waals surface area contributed by atoms with Crippen molar-refractivity contribution in [3.63, 3.8) is 0 Å². The number of carbonyl (C=O) groups excluding carboxylic acids is 1. The van der Waals surface area contributed by atoms with Crippen molar-refractivity contribution < 1.29 is 14.3 Å². The summed E-state index contributed by atoms with van der Waals surface area (Å²) in [6.45, 7) is 2.15. The number of hydrogen-bond acceptors (Lipinski definition) is 4. The first-order valence-corrected chi connectivity index (χ1v) is 10.3. The van der Waals surface area contributed by atoms with E-state index in [-0.39, 0.29) is 5.91 Å². The Hall–Kier alpha value is -3.34. The highest BCUT2D eigenvalue weighted by molar-refractivity contribution is 5.94. The largest absolute Gasteiger partial charge is 0.488 e. The lowest BCUT2D eigenvalue weighted by Crippen LogP contribution is -2.35. The number of likely N-dealkylation sites (tertiary alicyclic amines) is 1. The van der Waals surface area contributed by atoms with Crippen molar-refractivity contribution in [3.05, 3.63) is 78.0 Å². The van der Waals surface area contributed by atoms with E-state index in [9.17, 15) is 4.79 Å². The molecule has 0 unspecified atom stereocenters. The number of carbonyl (C=O) groups is 1. The number of pyridine rings is 1. The fourth-order valence-electron chi connectivity index (χ4n) is 3.68. The summed E-state index contributed by atoms with van der Waals surface area (Å²) >= 11 is 0. The van der Waals surface area contributed by atoms with Crippen LogP contribution in [-0.4, -0.2) is 36.0 Å². The van der Waals surface area contributed by atoms with Crippen LogP contribution in [0.2, 0.25) is 0 Å². The average Bonchev–Trinajstić information content (AvgIpc) is 2.83. The topological polar surface area (TPSA) is 51.7 Å². The lowest BCUT2D eigenvalue weighted by Gasteiger charge is -2.26. The van der Waals surface area contributed by atoms with Gasteiger partial charge in [-0.2, -0.15) is 0 Å². The number of amides is 1. The van der Waals surface area contributed by atoms with E-state index >= 15 is 0 Å². The molecule has 30 heavy (non-hydrogen) atoms. The number of ether oxygens (including phenoxy) is 2. The summed E-state index contributed by atoms with van der Waals surface area (Å²) in [6, 6.07) is 19.4. The first kappa shape index (κ1) is 20.0. The van der Waals surface area contributed by atoms with Gasteiger partial charge >= 0.3 is 0 Å². The van der Waals surface area contributed by atoms with Crippen molar-refractivity contribution in [2.45, 2.75) is 25.9 Å². The predicted molar refractivity (Wildman–Crippen MR) is 117 cm³/mol. The summed E-state index contributed by atoms with van der Waals surface area (Å²) in [6.07, 6.45) is 5.19. The maximum absolute atomic E-state index is 12.6. The Bertz CT molecular complexity index is 978. The summed E-state index contributed by atoms with van der Waals surface area (Å²) in [7, 11) is 1.60. The van der Waals surface area contributed by atoms with Crippen LogP contribution in [0.1, 0.15) is 35.2 Å². The van der Waals surface area contributed by atoms with Crippen molar-refractivity contribution in [2.75, 3.05) is 20.2 Å². The fraction of sp³-hybridized carbons (Fsp3) is 0.280. The Morgan fingerprint density at radius 3 is 2.43 bits per heavy atom. The zero-order valence-corrected chi connectivity index (χ0v) is 17.2. The Kier molecular flexibility index (Phi) is 6.28. The molecule has 0 N–H and O–H groups in total. The number of piperidine rings is 1. The molecule has 0 saturated carbocycles. The maximum Gasteiger partial charge on any atom is 0.253 e. The Balaban J connectivity index is 1.43. The zero-order chi connectivity index (χ0) is 20.8. The second kappa shape index (κ2) is 9.44. The standard InChI is InChI=1S/C25H26N2O3/c1-29-24-14-13-21(17-26-24)22-7-3-4-8-23(22)30-18-19-9-11-20(12-10-19)25(28)27-15-5-2-6-16-27/h3-4,7-14,17H,2,5-6,15-16,18H2,1H3. The van der Waals surface area contributed by atoms with E-state index < -0.39 is 0 Å². The van der Waals surface area contributed by atoms with E-state index in [2.05, 4.69) is 4.98 Å². The molecule has 1 amide bonds. The molecule has 2 aromatic carbocycles. The highest BCUT2D eigenvalue weighted by Crippen LogP contribution is 2.30. The third-order valence-corrected chi connectivity index (χ3v) is 5.38. The van der Waals surface area contributed by atoms with Crippen LogP contribution in [0.15, 0.2) is 66.9 Å². The van der Waals surface area contributed by atoms with Gasteiger partial charge in [0.15, 0.2) is 0 Å². The highest BCUT2D eigenvalue weighted by Gasteiger charge is 2.18. The molecule has 0 radical (unpaired) electrons. The lowest BCUT2D eigenvalue weighted by atomic mass is 10.1. The smallest absolute Gasteiger partial charge is 0.253 e. The van der Waals surface area contributed by atoms with Gasteiger partial charge in [-0.1, -0.05) is 30.3 Å². The van der Waals surface area contributed by atoms with Crippen molar-refractivity contribution in [2.24, 2.45) is 0 Å². The van der Waals surface area contributed by atoms with Crippen LogP contribution in [0.5, 0.6) is 11.6 Å². The summed E-state index contributed by atoms with van der Waals surface area (Å²) in [4.78, 5) is 18.9. The van der Waals surface area contributed by atoms with Gasteiger partial charge in [-0.3, -0.25) is 4.79 Å². The van der Waals surface area contributed by atoms with E-state index in [4.69, 9.17) is 9.47 Å². The third kappa shape index (κ3) is 4.62. The first-order valence-electron chi connectivity index (χ1n) is 10.3. The van der Waals surface area contributed by atoms with Gasteiger partial charge in [0.2, 0.25) is 5.88 Å². The van der Waals surface area contributed by atoms with Gasteiger partial charge in [-0.25, -0.2) is 4.98 Å². The van der Waals surface area contributed by atoms with Crippen LogP contribution < -0.4 is 9.47 Å². The van der Waals surface area contributed by atoms with Gasteiger partial charge in [0.1, 0.15) is 12.4 Å². The lowest BCUT2D eigenvalue weighted by molar-refractivity contribution is 0.0724. The molecule has 1 aliphatic rings. The molecule has 4 rings (SSSR count). The van der Waals surface area contributed by atoms with Gasteiger partial charge in [-0.05, 0) is 49.1 Å². The number of para-hydroxylation sites is 1. The molecule has 0 atom stereocenters. The molecule has 5 nitrogen and oxygen atoms in total. The first-order chi connectivity index (χ1) is 14.7. The number of hydrogen-bond donors (Lipinski definition) is 0. The van der Waals surface area contributed by atoms with Gasteiger partial charge in [0.25, 0.3) is 5.91 Å². The second-order valence-electron chi connectivity index (χ2n) is 7.42. The highest BCUT2D eigenvalue weighted by atomic mass is 16.5. The van der Waals surface area contributed by atoms with Crippen molar-refractivity contribution >= 4 is 5.91 Å². The molecular formula is C25H26N2O3. The normalized spacial score (nSPS) is 13.7. The number of nitrogens with zero attached hydrogens (tertiary/aromatic N) is 2. The zero-order valence-electron chi connectivity index (χ0n) is 17.2. The van der Waals surface area contributed by atoms with Crippen LogP contribution in [0.3, 0.4) is 0 Å². The summed E-state index contributed by atoms with van der Waals surface area (Å²) in [5.74, 6) is 1.49. The minimum absolute atomic E-state index is 0.125. The van der Waals surface area contributed by atoms with E-state index in [1.807, 2.05) is 65.6 Å². The number of rotatable bonds is 6. The number of methoxy groups -OCH3 is 1. The van der Waals surface area contributed by atoms with Crippen LogP contribution in [0.25, 0.3) is 11.1 Å². The van der Waals surface area contributed by atoms with Crippen molar-refractivity contribution in [3.8, 4) is 22.8 Å². The summed E-state index contributed by atoms with van der Waals surface area (Å²) < 4.78 is 11.2. The summed E-state index contributed by atoms with van der Waals surface area (Å²) in [5, 5.41) is 0. The molecule has 1 saturated heterocycles. The fourth-order valence-corrected chi connectivity index (χ4v) is 3.68. The monoisotopic (exact) mass is 402 g/mol. The molecule has 0 bridgehead atoms. The second-order valence-corrected chi connectivity index (χ2v) is 7.42. The van der Waals surface area contributed by atoms with Gasteiger partial charge < -0.3 is 14.4 Å². The van der Waals surface area contributed by atoms with Crippen LogP contribution >= 0.6 is 0 Å². The van der Waals surface area contributed by atoms with Crippen LogP contribution in [0, 0.1) is 0 Å². The molecule has 2 heterocycles. The van der Waals surface area contributed by atoms with E-state index in [1.165, 1.54) is 6.42 Å². The Morgan fingerprint density at radius 1 is 0.967 bits per heavy atom. The van der Waals surface area contributed by atoms with Gasteiger partial charge in [-0.15, -0.1) is 0 Å². The number of aromatic nitrogens is 1. The molecular weight excluding hydrogens is 376 g/mol. The molecule has 1 fully saturated rings. The molecule has 5 heteroatoms. The molecule has 1 aromatic heterocycles. The van der Waals surface area contributed by atoms with Crippen molar-refractivity contribution in [1.29, 1.82) is 0 Å². The summed E-state index contributed by atoms with van der Waals surface area (Å²) in [5.41, 5.74) is 3.71. The minimum Gasteiger partial charge on any atom is -0.488 e. The maximum atomic E-state index is 12.6. The quantitative estimate of drug-likeness (QED) is 0.585. The van der Waals surface area contributed by atoms with Crippen LogP contribution in [-0.2, 0) is 6.61 Å². The Morgan fingerprint density at radius 2 is 1.73 bits per heavy atom. The molecule has 0 aliphatic carbocycles. The molecule has 0 spiro atoms. The molecule has 1 aliphatic heterocycles. The Labute approximate surface area is 177 Å². The van der Waals surface area contributed by atoms with Crippen LogP contribution in [0.4, 0.5) is 0 Å². The predicted octanol–water partition coefficient (Wildman–Crippen LogP) is 4.96. The van der Waals surface area contributed by atoms with E-state index in [1.54, 1.807) is 13.3 Å². The van der Waals surface area contributed by atoms with Gasteiger partial charge in [0, 0.05) is 42.0 Å². The van der Waals surface area contributed by atoms with Crippen molar-refractivity contribution in [1.82, 2.24) is 9.88 Å². The number of benzene rings is 2. The van der Waals surface area contributed by atoms with E-state index in [0.717, 1.165) is 53.9 Å².